The molecule has 172 valence electrons. The number of allylic oxidation sites excluding steroid dienone is 2. The van der Waals surface area contributed by atoms with Crippen molar-refractivity contribution in [2.45, 2.75) is 43.2 Å². The molecule has 0 saturated carbocycles. The zero-order valence-corrected chi connectivity index (χ0v) is 18.0. The highest BCUT2D eigenvalue weighted by atomic mass is 32.2. The highest BCUT2D eigenvalue weighted by Gasteiger charge is 2.37. The Hall–Kier alpha value is -2.82. The largest absolute Gasteiger partial charge is 0.418 e. The van der Waals surface area contributed by atoms with Gasteiger partial charge < -0.3 is 5.32 Å². The Bertz CT molecular complexity index is 1200. The van der Waals surface area contributed by atoms with E-state index in [9.17, 15) is 31.0 Å². The van der Waals surface area contributed by atoms with Crippen molar-refractivity contribution in [1.82, 2.24) is 4.98 Å². The van der Waals surface area contributed by atoms with Crippen molar-refractivity contribution in [3.8, 4) is 0 Å². The molecule has 2 N–H and O–H groups in total. The maximum absolute atomic E-state index is 13.5. The molecule has 1 unspecified atom stereocenters. The minimum Gasteiger partial charge on any atom is -0.322 e. The predicted molar refractivity (Wildman–Crippen MR) is 110 cm³/mol. The molecule has 0 spiro atoms. The smallest absolute Gasteiger partial charge is 0.322 e. The molecule has 32 heavy (non-hydrogen) atoms. The van der Waals surface area contributed by atoms with E-state index in [1.165, 1.54) is 36.6 Å². The summed E-state index contributed by atoms with van der Waals surface area (Å²) in [5.74, 6) is -3.84. The van der Waals surface area contributed by atoms with Gasteiger partial charge in [-0.25, -0.2) is 17.8 Å². The summed E-state index contributed by atoms with van der Waals surface area (Å²) in [4.78, 5) is 17.0. The molecule has 1 aromatic carbocycles. The zero-order chi connectivity index (χ0) is 23.9. The van der Waals surface area contributed by atoms with E-state index >= 15 is 0 Å². The second kappa shape index (κ2) is 8.27. The average molecular weight is 473 g/mol. The van der Waals surface area contributed by atoms with Crippen LogP contribution in [0.15, 0.2) is 41.4 Å². The van der Waals surface area contributed by atoms with Gasteiger partial charge in [0.15, 0.2) is 0 Å². The van der Waals surface area contributed by atoms with Crippen LogP contribution in [0.1, 0.15) is 46.4 Å². The number of hydrogen-bond acceptors (Lipinski definition) is 4. The van der Waals surface area contributed by atoms with Gasteiger partial charge >= 0.3 is 6.18 Å². The van der Waals surface area contributed by atoms with Gasteiger partial charge in [-0.2, -0.15) is 13.2 Å². The zero-order valence-electron chi connectivity index (χ0n) is 17.1. The van der Waals surface area contributed by atoms with E-state index in [0.717, 1.165) is 6.92 Å². The Labute approximate surface area is 181 Å². The summed E-state index contributed by atoms with van der Waals surface area (Å²) in [6.07, 6.45) is -3.02. The number of pyridine rings is 1. The molecule has 0 fully saturated rings. The number of anilines is 1. The van der Waals surface area contributed by atoms with Crippen LogP contribution in [-0.2, 0) is 15.9 Å². The average Bonchev–Trinajstić information content (AvgIpc) is 2.66. The van der Waals surface area contributed by atoms with Crippen LogP contribution in [0.2, 0.25) is 0 Å². The minimum absolute atomic E-state index is 0.0839. The van der Waals surface area contributed by atoms with Gasteiger partial charge in [-0.15, -0.1) is 0 Å². The molecule has 0 radical (unpaired) electrons. The standard InChI is InChI=1S/C21H20F5N3O2S/c1-12-16(21(24,25)26)11-28-18(13-6-8-20(22,23)9-7-13)17(12)19(30)29-14-4-3-5-15(10-14)32(2,27)31/h3-6,10-11,27H,7-9H2,1-2H3,(H,29,30). The number of carbonyl (C=O) groups is 1. The fourth-order valence-electron chi connectivity index (χ4n) is 3.43. The molecular formula is C21H20F5N3O2S. The molecular weight excluding hydrogens is 453 g/mol. The van der Waals surface area contributed by atoms with E-state index in [1.807, 2.05) is 0 Å². The number of carbonyl (C=O) groups excluding carboxylic acids is 1. The second-order valence-electron chi connectivity index (χ2n) is 7.63. The maximum Gasteiger partial charge on any atom is 0.418 e. The van der Waals surface area contributed by atoms with E-state index < -0.39 is 46.1 Å². The molecule has 2 aromatic rings. The van der Waals surface area contributed by atoms with Crippen LogP contribution in [-0.4, -0.2) is 27.3 Å². The van der Waals surface area contributed by atoms with Crippen molar-refractivity contribution in [3.05, 3.63) is 58.9 Å². The fraction of sp³-hybridized carbons (Fsp3) is 0.333. The second-order valence-corrected chi connectivity index (χ2v) is 9.79. The van der Waals surface area contributed by atoms with Crippen LogP contribution >= 0.6 is 0 Å². The monoisotopic (exact) mass is 473 g/mol. The molecule has 0 aliphatic heterocycles. The highest BCUT2D eigenvalue weighted by molar-refractivity contribution is 7.91. The van der Waals surface area contributed by atoms with Gasteiger partial charge in [-0.3, -0.25) is 9.78 Å². The third-order valence-electron chi connectivity index (χ3n) is 5.12. The van der Waals surface area contributed by atoms with Gasteiger partial charge in [0.2, 0.25) is 0 Å². The third-order valence-corrected chi connectivity index (χ3v) is 6.28. The number of alkyl halides is 5. The Kier molecular flexibility index (Phi) is 6.16. The van der Waals surface area contributed by atoms with Gasteiger partial charge in [-0.1, -0.05) is 12.1 Å². The molecule has 3 rings (SSSR count). The van der Waals surface area contributed by atoms with Gasteiger partial charge in [0.05, 0.1) is 26.5 Å². The number of nitrogens with zero attached hydrogens (tertiary/aromatic N) is 1. The van der Waals surface area contributed by atoms with E-state index in [-0.39, 0.29) is 39.4 Å². The van der Waals surface area contributed by atoms with Crippen molar-refractivity contribution in [2.75, 3.05) is 11.6 Å². The first-order valence-corrected chi connectivity index (χ1v) is 11.4. The number of amides is 1. The first-order valence-electron chi connectivity index (χ1n) is 9.48. The van der Waals surface area contributed by atoms with Crippen LogP contribution in [0.5, 0.6) is 0 Å². The van der Waals surface area contributed by atoms with Crippen molar-refractivity contribution >= 4 is 26.9 Å². The quantitative estimate of drug-likeness (QED) is 0.543. The van der Waals surface area contributed by atoms with E-state index in [4.69, 9.17) is 4.78 Å². The summed E-state index contributed by atoms with van der Waals surface area (Å²) in [7, 11) is -3.09. The Morgan fingerprint density at radius 3 is 2.53 bits per heavy atom. The van der Waals surface area contributed by atoms with Gasteiger partial charge in [0, 0.05) is 35.9 Å². The van der Waals surface area contributed by atoms with Crippen molar-refractivity contribution < 1.29 is 31.0 Å². The number of halogens is 5. The van der Waals surface area contributed by atoms with Crippen LogP contribution in [0.3, 0.4) is 0 Å². The van der Waals surface area contributed by atoms with E-state index in [2.05, 4.69) is 10.3 Å². The van der Waals surface area contributed by atoms with Gasteiger partial charge in [-0.05, 0) is 42.7 Å². The van der Waals surface area contributed by atoms with Crippen LogP contribution in [0.25, 0.3) is 5.57 Å². The number of rotatable bonds is 4. The molecule has 1 heterocycles. The van der Waals surface area contributed by atoms with Crippen LogP contribution in [0.4, 0.5) is 27.6 Å². The first kappa shape index (κ1) is 23.8. The molecule has 1 atom stereocenters. The molecule has 11 heteroatoms. The molecule has 1 aliphatic carbocycles. The highest BCUT2D eigenvalue weighted by Crippen LogP contribution is 2.39. The summed E-state index contributed by atoms with van der Waals surface area (Å²) in [5.41, 5.74) is -1.54. The lowest BCUT2D eigenvalue weighted by molar-refractivity contribution is -0.138. The minimum atomic E-state index is -4.77. The summed E-state index contributed by atoms with van der Waals surface area (Å²) in [6.45, 7) is 1.12. The lowest BCUT2D eigenvalue weighted by Gasteiger charge is -2.23. The normalized spacial score (nSPS) is 17.9. The molecule has 0 saturated heterocycles. The Morgan fingerprint density at radius 2 is 1.97 bits per heavy atom. The maximum atomic E-state index is 13.5. The van der Waals surface area contributed by atoms with E-state index in [0.29, 0.717) is 6.20 Å². The number of hydrogen-bond donors (Lipinski definition) is 2. The lowest BCUT2D eigenvalue weighted by atomic mass is 9.89. The lowest BCUT2D eigenvalue weighted by Crippen LogP contribution is -2.23. The van der Waals surface area contributed by atoms with Crippen LogP contribution < -0.4 is 5.32 Å². The van der Waals surface area contributed by atoms with Gasteiger partial charge in [0.1, 0.15) is 0 Å². The Balaban J connectivity index is 2.09. The third kappa shape index (κ3) is 5.14. The van der Waals surface area contributed by atoms with Gasteiger partial charge in [0.25, 0.3) is 11.8 Å². The summed E-state index contributed by atoms with van der Waals surface area (Å²) in [6, 6.07) is 5.61. The van der Waals surface area contributed by atoms with Crippen LogP contribution in [0, 0.1) is 11.7 Å². The summed E-state index contributed by atoms with van der Waals surface area (Å²) >= 11 is 0. The SMILES string of the molecule is Cc1c(C(F)(F)F)cnc(C2=CCC(F)(F)CC2)c1C(=O)Nc1cccc(S(C)(=N)=O)c1. The molecule has 1 amide bonds. The molecule has 0 bridgehead atoms. The predicted octanol–water partition coefficient (Wildman–Crippen LogP) is 5.90. The fourth-order valence-corrected chi connectivity index (χ4v) is 4.12. The van der Waals surface area contributed by atoms with Crippen molar-refractivity contribution in [3.63, 3.8) is 0 Å². The number of nitrogens with one attached hydrogen (secondary N) is 2. The summed E-state index contributed by atoms with van der Waals surface area (Å²) < 4.78 is 87.0. The number of aromatic nitrogens is 1. The summed E-state index contributed by atoms with van der Waals surface area (Å²) in [5, 5.41) is 2.46. The Morgan fingerprint density at radius 1 is 1.28 bits per heavy atom. The van der Waals surface area contributed by atoms with Crippen molar-refractivity contribution in [2.24, 2.45) is 0 Å². The molecule has 5 nitrogen and oxygen atoms in total. The molecule has 1 aromatic heterocycles. The van der Waals surface area contributed by atoms with E-state index in [1.54, 1.807) is 0 Å². The first-order chi connectivity index (χ1) is 14.7. The molecule has 1 aliphatic rings. The number of benzene rings is 1. The van der Waals surface area contributed by atoms with Crippen molar-refractivity contribution in [1.29, 1.82) is 4.78 Å². The topological polar surface area (TPSA) is 82.9 Å².